The first-order valence-corrected chi connectivity index (χ1v) is 8.91. The van der Waals surface area contributed by atoms with Crippen molar-refractivity contribution in [3.05, 3.63) is 0 Å². The smallest absolute Gasteiger partial charge is 0.318 e. The number of ether oxygens (including phenoxy) is 4. The Morgan fingerprint density at radius 3 is 2.76 bits per heavy atom. The molecule has 0 aromatic rings. The van der Waals surface area contributed by atoms with Gasteiger partial charge in [0, 0.05) is 24.9 Å². The molecule has 138 valence electrons. The maximum Gasteiger partial charge on any atom is 0.318 e. The summed E-state index contributed by atoms with van der Waals surface area (Å²) >= 11 is 0. The zero-order valence-electron chi connectivity index (χ0n) is 14.6. The minimum absolute atomic E-state index is 0.0879. The lowest BCUT2D eigenvalue weighted by Crippen LogP contribution is -2.63. The van der Waals surface area contributed by atoms with Gasteiger partial charge in [0.1, 0.15) is 12.6 Å². The van der Waals surface area contributed by atoms with Gasteiger partial charge in [-0.1, -0.05) is 6.92 Å². The summed E-state index contributed by atoms with van der Waals surface area (Å²) in [5, 5.41) is 0. The fourth-order valence-corrected chi connectivity index (χ4v) is 5.98. The number of hydrogen-bond donors (Lipinski definition) is 0. The molecule has 6 atom stereocenters. The van der Waals surface area contributed by atoms with Crippen molar-refractivity contribution < 1.29 is 33.3 Å². The average Bonchev–Trinajstić information content (AvgIpc) is 3.02. The van der Waals surface area contributed by atoms with Gasteiger partial charge < -0.3 is 18.9 Å². The number of carbonyl (C=O) groups is 3. The average molecular weight is 352 g/mol. The Labute approximate surface area is 146 Å². The van der Waals surface area contributed by atoms with Crippen LogP contribution in [-0.2, 0) is 33.3 Å². The first kappa shape index (κ1) is 17.1. The highest BCUT2D eigenvalue weighted by atomic mass is 16.7. The number of esters is 2. The van der Waals surface area contributed by atoms with Crippen molar-refractivity contribution in [1.82, 2.24) is 0 Å². The van der Waals surface area contributed by atoms with E-state index in [9.17, 15) is 14.4 Å². The van der Waals surface area contributed by atoms with E-state index >= 15 is 0 Å². The summed E-state index contributed by atoms with van der Waals surface area (Å²) < 4.78 is 21.3. The zero-order valence-corrected chi connectivity index (χ0v) is 14.6. The van der Waals surface area contributed by atoms with E-state index in [2.05, 4.69) is 6.92 Å². The number of carbonyl (C=O) groups excluding carboxylic acids is 3. The van der Waals surface area contributed by atoms with Gasteiger partial charge in [0.05, 0.1) is 31.2 Å². The third kappa shape index (κ3) is 2.18. The monoisotopic (exact) mass is 352 g/mol. The third-order valence-electron chi connectivity index (χ3n) is 7.15. The van der Waals surface area contributed by atoms with E-state index in [0.717, 1.165) is 6.42 Å². The summed E-state index contributed by atoms with van der Waals surface area (Å²) in [6.45, 7) is 3.22. The first-order chi connectivity index (χ1) is 11.9. The molecule has 0 aromatic heterocycles. The van der Waals surface area contributed by atoms with Crippen molar-refractivity contribution in [3.8, 4) is 0 Å². The van der Waals surface area contributed by atoms with Crippen LogP contribution >= 0.6 is 0 Å². The van der Waals surface area contributed by atoms with Crippen molar-refractivity contribution in [2.45, 2.75) is 38.7 Å². The van der Waals surface area contributed by atoms with E-state index in [-0.39, 0.29) is 24.1 Å². The molecule has 5 rings (SSSR count). The Kier molecular flexibility index (Phi) is 4.01. The highest BCUT2D eigenvalue weighted by Gasteiger charge is 2.76. The summed E-state index contributed by atoms with van der Waals surface area (Å²) in [6.07, 6.45) is 2.30. The van der Waals surface area contributed by atoms with Gasteiger partial charge in [-0.25, -0.2) is 0 Å². The lowest BCUT2D eigenvalue weighted by Gasteiger charge is -2.59. The standard InChI is InChI=1S/C18H24O7/c1-17-7-10-11(19)8-18(17,14-13(10)15(20)25-16(14)21)4-3-12(17)24-9-23-6-5-22-2/h10,12-14H,3-9H2,1-2H3. The molecule has 0 amide bonds. The Hall–Kier alpha value is -1.31. The van der Waals surface area contributed by atoms with Crippen molar-refractivity contribution in [2.24, 2.45) is 28.6 Å². The number of rotatable bonds is 6. The van der Waals surface area contributed by atoms with Crippen LogP contribution in [0.3, 0.4) is 0 Å². The van der Waals surface area contributed by atoms with Crippen LogP contribution in [0.1, 0.15) is 32.6 Å². The van der Waals surface area contributed by atoms with Gasteiger partial charge in [-0.05, 0) is 24.7 Å². The summed E-state index contributed by atoms with van der Waals surface area (Å²) in [7, 11) is 1.61. The molecule has 5 fully saturated rings. The highest BCUT2D eigenvalue weighted by Crippen LogP contribution is 2.72. The molecule has 1 spiro atoms. The SMILES string of the molecule is COCCOCOC1CCC23CC(=O)C(CC12C)C1C(=O)OC(=O)C13. The van der Waals surface area contributed by atoms with Crippen LogP contribution < -0.4 is 0 Å². The second kappa shape index (κ2) is 5.86. The Morgan fingerprint density at radius 2 is 2.00 bits per heavy atom. The van der Waals surface area contributed by atoms with E-state index in [4.69, 9.17) is 18.9 Å². The van der Waals surface area contributed by atoms with Crippen LogP contribution in [0.5, 0.6) is 0 Å². The van der Waals surface area contributed by atoms with Crippen LogP contribution in [0.4, 0.5) is 0 Å². The lowest BCUT2D eigenvalue weighted by atomic mass is 9.42. The quantitative estimate of drug-likeness (QED) is 0.306. The third-order valence-corrected chi connectivity index (χ3v) is 7.15. The molecule has 4 saturated carbocycles. The van der Waals surface area contributed by atoms with E-state index < -0.39 is 35.1 Å². The minimum atomic E-state index is -0.585. The fraction of sp³-hybridized carbons (Fsp3) is 0.833. The van der Waals surface area contributed by atoms with Crippen molar-refractivity contribution in [2.75, 3.05) is 27.1 Å². The number of cyclic esters (lactones) is 2. The Balaban J connectivity index is 1.57. The van der Waals surface area contributed by atoms with E-state index in [1.807, 2.05) is 0 Å². The van der Waals surface area contributed by atoms with Gasteiger partial charge in [0.25, 0.3) is 0 Å². The van der Waals surface area contributed by atoms with Crippen LogP contribution in [0.25, 0.3) is 0 Å². The number of Topliss-reactive ketones (excluding diaryl/α,β-unsaturated/α-hetero) is 1. The van der Waals surface area contributed by atoms with Gasteiger partial charge in [-0.3, -0.25) is 14.4 Å². The molecule has 4 aliphatic carbocycles. The van der Waals surface area contributed by atoms with Crippen LogP contribution in [0.2, 0.25) is 0 Å². The molecule has 7 heteroatoms. The number of ketones is 1. The van der Waals surface area contributed by atoms with E-state index in [1.54, 1.807) is 7.11 Å². The molecular weight excluding hydrogens is 328 g/mol. The largest absolute Gasteiger partial charge is 0.393 e. The summed E-state index contributed by atoms with van der Waals surface area (Å²) in [4.78, 5) is 37.1. The fourth-order valence-electron chi connectivity index (χ4n) is 5.98. The zero-order chi connectivity index (χ0) is 17.8. The number of methoxy groups -OCH3 is 1. The van der Waals surface area contributed by atoms with Crippen LogP contribution in [0.15, 0.2) is 0 Å². The minimum Gasteiger partial charge on any atom is -0.393 e. The molecule has 1 saturated heterocycles. The van der Waals surface area contributed by atoms with Crippen molar-refractivity contribution in [3.63, 3.8) is 0 Å². The van der Waals surface area contributed by atoms with Gasteiger partial charge in [0.2, 0.25) is 0 Å². The summed E-state index contributed by atoms with van der Waals surface area (Å²) in [5.74, 6) is -2.36. The molecule has 5 aliphatic rings. The first-order valence-electron chi connectivity index (χ1n) is 8.91. The van der Waals surface area contributed by atoms with Gasteiger partial charge >= 0.3 is 11.9 Å². The predicted octanol–water partition coefficient (Wildman–Crippen LogP) is 1.09. The Morgan fingerprint density at radius 1 is 1.20 bits per heavy atom. The molecule has 2 bridgehead atoms. The lowest BCUT2D eigenvalue weighted by molar-refractivity contribution is -0.197. The second-order valence-corrected chi connectivity index (χ2v) is 7.98. The summed E-state index contributed by atoms with van der Waals surface area (Å²) in [5.41, 5.74) is -0.842. The van der Waals surface area contributed by atoms with Crippen LogP contribution in [0, 0.1) is 28.6 Å². The van der Waals surface area contributed by atoms with Crippen molar-refractivity contribution in [1.29, 1.82) is 0 Å². The molecule has 1 aliphatic heterocycles. The molecular formula is C18H24O7. The molecule has 6 unspecified atom stereocenters. The number of fused-ring (bicyclic) bond motifs is 1. The van der Waals surface area contributed by atoms with Crippen molar-refractivity contribution >= 4 is 17.7 Å². The Bertz CT molecular complexity index is 617. The normalized spacial score (nSPS) is 44.8. The van der Waals surface area contributed by atoms with Gasteiger partial charge in [-0.2, -0.15) is 0 Å². The molecule has 0 N–H and O–H groups in total. The maximum absolute atomic E-state index is 12.6. The summed E-state index contributed by atoms with van der Waals surface area (Å²) in [6, 6.07) is 0. The van der Waals surface area contributed by atoms with E-state index in [0.29, 0.717) is 32.5 Å². The molecule has 0 radical (unpaired) electrons. The molecule has 25 heavy (non-hydrogen) atoms. The maximum atomic E-state index is 12.6. The number of hydrogen-bond acceptors (Lipinski definition) is 7. The van der Waals surface area contributed by atoms with Gasteiger partial charge in [0.15, 0.2) is 0 Å². The van der Waals surface area contributed by atoms with E-state index in [1.165, 1.54) is 0 Å². The highest BCUT2D eigenvalue weighted by molar-refractivity contribution is 6.03. The predicted molar refractivity (Wildman–Crippen MR) is 83.2 cm³/mol. The molecule has 7 nitrogen and oxygen atoms in total. The van der Waals surface area contributed by atoms with Gasteiger partial charge in [-0.15, -0.1) is 0 Å². The van der Waals surface area contributed by atoms with Crippen LogP contribution in [-0.4, -0.2) is 50.9 Å². The second-order valence-electron chi connectivity index (χ2n) is 7.98. The molecule has 0 aromatic carbocycles. The molecule has 1 heterocycles. The topological polar surface area (TPSA) is 88.1 Å².